The van der Waals surface area contributed by atoms with E-state index >= 15 is 0 Å². The highest BCUT2D eigenvalue weighted by Crippen LogP contribution is 2.29. The van der Waals surface area contributed by atoms with E-state index in [0.29, 0.717) is 12.2 Å². The van der Waals surface area contributed by atoms with Crippen molar-refractivity contribution in [2.24, 2.45) is 12.8 Å². The minimum absolute atomic E-state index is 0.00181. The summed E-state index contributed by atoms with van der Waals surface area (Å²) in [6.45, 7) is 2.01. The fraction of sp³-hybridized carbons (Fsp3) is 0.357. The van der Waals surface area contributed by atoms with Gasteiger partial charge in [-0.25, -0.2) is 4.39 Å². The molecular formula is C14H18FN3O. The van der Waals surface area contributed by atoms with Gasteiger partial charge in [0.1, 0.15) is 0 Å². The van der Waals surface area contributed by atoms with Crippen LogP contribution < -0.4 is 10.5 Å². The number of nitrogens with zero attached hydrogens (tertiary/aromatic N) is 2. The van der Waals surface area contributed by atoms with Gasteiger partial charge in [-0.1, -0.05) is 19.1 Å². The normalized spacial score (nSPS) is 12.4. The second-order valence-corrected chi connectivity index (χ2v) is 4.55. The van der Waals surface area contributed by atoms with Gasteiger partial charge in [0.2, 0.25) is 0 Å². The van der Waals surface area contributed by atoms with E-state index in [1.54, 1.807) is 30.2 Å². The van der Waals surface area contributed by atoms with E-state index in [2.05, 4.69) is 5.10 Å². The van der Waals surface area contributed by atoms with E-state index in [0.717, 1.165) is 12.0 Å². The Bertz CT molecular complexity index is 553. The first-order valence-corrected chi connectivity index (χ1v) is 6.29. The van der Waals surface area contributed by atoms with E-state index in [-0.39, 0.29) is 17.6 Å². The zero-order valence-electron chi connectivity index (χ0n) is 11.1. The lowest BCUT2D eigenvalue weighted by Crippen LogP contribution is -2.21. The zero-order chi connectivity index (χ0) is 13.8. The molecule has 4 nitrogen and oxygen atoms in total. The summed E-state index contributed by atoms with van der Waals surface area (Å²) < 4.78 is 21.1. The van der Waals surface area contributed by atoms with Crippen LogP contribution in [0.3, 0.4) is 0 Å². The Hall–Kier alpha value is -1.88. The van der Waals surface area contributed by atoms with Crippen molar-refractivity contribution in [3.8, 4) is 11.5 Å². The van der Waals surface area contributed by atoms with E-state index in [1.165, 1.54) is 6.07 Å². The molecule has 2 aromatic rings. The monoisotopic (exact) mass is 263 g/mol. The Morgan fingerprint density at radius 3 is 2.89 bits per heavy atom. The molecule has 0 saturated carbocycles. The van der Waals surface area contributed by atoms with Crippen molar-refractivity contribution in [3.63, 3.8) is 0 Å². The standard InChI is InChI=1S/C14H18FN3O/c1-3-11(16)7-10-5-4-6-13(15)14(10)19-12-8-17-18(2)9-12/h4-6,8-9,11H,3,7,16H2,1-2H3. The summed E-state index contributed by atoms with van der Waals surface area (Å²) in [7, 11) is 1.78. The fourth-order valence-corrected chi connectivity index (χ4v) is 1.82. The van der Waals surface area contributed by atoms with Gasteiger partial charge < -0.3 is 10.5 Å². The molecule has 2 rings (SSSR count). The number of ether oxygens (including phenoxy) is 1. The predicted octanol–water partition coefficient (Wildman–Crippen LogP) is 2.63. The third-order valence-electron chi connectivity index (χ3n) is 2.96. The maximum absolute atomic E-state index is 13.9. The SMILES string of the molecule is CCC(N)Cc1cccc(F)c1Oc1cnn(C)c1. The molecular weight excluding hydrogens is 245 g/mol. The van der Waals surface area contributed by atoms with Crippen molar-refractivity contribution in [2.45, 2.75) is 25.8 Å². The van der Waals surface area contributed by atoms with Crippen LogP contribution in [-0.4, -0.2) is 15.8 Å². The molecule has 19 heavy (non-hydrogen) atoms. The van der Waals surface area contributed by atoms with E-state index in [1.807, 2.05) is 13.0 Å². The van der Waals surface area contributed by atoms with Gasteiger partial charge in [-0.05, 0) is 24.5 Å². The number of hydrogen-bond donors (Lipinski definition) is 1. The van der Waals surface area contributed by atoms with Crippen LogP contribution in [0.15, 0.2) is 30.6 Å². The molecule has 0 aliphatic heterocycles. The maximum atomic E-state index is 13.9. The van der Waals surface area contributed by atoms with Crippen molar-refractivity contribution in [3.05, 3.63) is 42.0 Å². The molecule has 0 fully saturated rings. The highest BCUT2D eigenvalue weighted by molar-refractivity contribution is 5.38. The lowest BCUT2D eigenvalue weighted by molar-refractivity contribution is 0.433. The number of aryl methyl sites for hydroxylation is 1. The van der Waals surface area contributed by atoms with Crippen LogP contribution in [0.4, 0.5) is 4.39 Å². The van der Waals surface area contributed by atoms with Crippen LogP contribution in [0.2, 0.25) is 0 Å². The third kappa shape index (κ3) is 3.32. The van der Waals surface area contributed by atoms with Crippen LogP contribution in [0.1, 0.15) is 18.9 Å². The molecule has 0 amide bonds. The lowest BCUT2D eigenvalue weighted by Gasteiger charge is -2.13. The minimum Gasteiger partial charge on any atom is -0.451 e. The quantitative estimate of drug-likeness (QED) is 0.902. The zero-order valence-corrected chi connectivity index (χ0v) is 11.1. The highest BCUT2D eigenvalue weighted by atomic mass is 19.1. The molecule has 1 aromatic heterocycles. The summed E-state index contributed by atoms with van der Waals surface area (Å²) in [5, 5.41) is 3.99. The average molecular weight is 263 g/mol. The van der Waals surface area contributed by atoms with Crippen LogP contribution in [-0.2, 0) is 13.5 Å². The number of nitrogens with two attached hydrogens (primary N) is 1. The van der Waals surface area contributed by atoms with Gasteiger partial charge in [0, 0.05) is 13.1 Å². The molecule has 0 spiro atoms. The summed E-state index contributed by atoms with van der Waals surface area (Å²) in [6, 6.07) is 4.89. The molecule has 1 aromatic carbocycles. The van der Waals surface area contributed by atoms with Gasteiger partial charge in [-0.15, -0.1) is 0 Å². The molecule has 0 aliphatic carbocycles. The average Bonchev–Trinajstić information content (AvgIpc) is 2.79. The van der Waals surface area contributed by atoms with Gasteiger partial charge in [0.05, 0.1) is 12.4 Å². The van der Waals surface area contributed by atoms with Crippen molar-refractivity contribution >= 4 is 0 Å². The van der Waals surface area contributed by atoms with Crippen LogP contribution >= 0.6 is 0 Å². The summed E-state index contributed by atoms with van der Waals surface area (Å²) >= 11 is 0. The van der Waals surface area contributed by atoms with Crippen molar-refractivity contribution in [1.29, 1.82) is 0 Å². The second kappa shape index (κ2) is 5.84. The largest absolute Gasteiger partial charge is 0.451 e. The van der Waals surface area contributed by atoms with Gasteiger partial charge >= 0.3 is 0 Å². The second-order valence-electron chi connectivity index (χ2n) is 4.55. The number of hydrogen-bond acceptors (Lipinski definition) is 3. The Kier molecular flexibility index (Phi) is 4.16. The molecule has 1 heterocycles. The number of aromatic nitrogens is 2. The fourth-order valence-electron chi connectivity index (χ4n) is 1.82. The molecule has 0 saturated heterocycles. The van der Waals surface area contributed by atoms with E-state index in [9.17, 15) is 4.39 Å². The Morgan fingerprint density at radius 2 is 2.26 bits per heavy atom. The summed E-state index contributed by atoms with van der Waals surface area (Å²) in [5.41, 5.74) is 6.70. The highest BCUT2D eigenvalue weighted by Gasteiger charge is 2.14. The smallest absolute Gasteiger partial charge is 0.166 e. The van der Waals surface area contributed by atoms with Crippen LogP contribution in [0, 0.1) is 5.82 Å². The molecule has 0 bridgehead atoms. The topological polar surface area (TPSA) is 53.1 Å². The molecule has 102 valence electrons. The van der Waals surface area contributed by atoms with Gasteiger partial charge in [-0.3, -0.25) is 4.68 Å². The first-order chi connectivity index (χ1) is 9.10. The van der Waals surface area contributed by atoms with Crippen molar-refractivity contribution in [2.75, 3.05) is 0 Å². The van der Waals surface area contributed by atoms with Crippen LogP contribution in [0.25, 0.3) is 0 Å². The molecule has 1 unspecified atom stereocenters. The van der Waals surface area contributed by atoms with Crippen LogP contribution in [0.5, 0.6) is 11.5 Å². The van der Waals surface area contributed by atoms with Gasteiger partial charge in [0.15, 0.2) is 17.3 Å². The maximum Gasteiger partial charge on any atom is 0.166 e. The predicted molar refractivity (Wildman–Crippen MR) is 71.7 cm³/mol. The number of halogens is 1. The summed E-state index contributed by atoms with van der Waals surface area (Å²) in [5.74, 6) is 0.364. The Morgan fingerprint density at radius 1 is 1.47 bits per heavy atom. The summed E-state index contributed by atoms with van der Waals surface area (Å²) in [4.78, 5) is 0. The van der Waals surface area contributed by atoms with Gasteiger partial charge in [-0.2, -0.15) is 5.10 Å². The first-order valence-electron chi connectivity index (χ1n) is 6.29. The lowest BCUT2D eigenvalue weighted by atomic mass is 10.0. The summed E-state index contributed by atoms with van der Waals surface area (Å²) in [6.07, 6.45) is 4.67. The number of rotatable bonds is 5. The van der Waals surface area contributed by atoms with Crippen molar-refractivity contribution in [1.82, 2.24) is 9.78 Å². The van der Waals surface area contributed by atoms with Crippen molar-refractivity contribution < 1.29 is 9.13 Å². The van der Waals surface area contributed by atoms with Gasteiger partial charge in [0.25, 0.3) is 0 Å². The number of para-hydroxylation sites is 1. The molecule has 2 N–H and O–H groups in total. The van der Waals surface area contributed by atoms with E-state index in [4.69, 9.17) is 10.5 Å². The number of benzene rings is 1. The van der Waals surface area contributed by atoms with E-state index < -0.39 is 0 Å². The third-order valence-corrected chi connectivity index (χ3v) is 2.96. The molecule has 1 atom stereocenters. The Labute approximate surface area is 112 Å². The first kappa shape index (κ1) is 13.5. The molecule has 0 aliphatic rings. The molecule has 5 heteroatoms. The molecule has 0 radical (unpaired) electrons. The minimum atomic E-state index is -0.385. The Balaban J connectivity index is 2.27.